The number of halogens is 1. The number of carbonyl (C=O) groups is 1. The predicted molar refractivity (Wildman–Crippen MR) is 143 cm³/mol. The summed E-state index contributed by atoms with van der Waals surface area (Å²) >= 11 is 0. The van der Waals surface area contributed by atoms with Gasteiger partial charge in [0.1, 0.15) is 29.6 Å². The van der Waals surface area contributed by atoms with Gasteiger partial charge in [-0.2, -0.15) is 0 Å². The Bertz CT molecular complexity index is 1310. The van der Waals surface area contributed by atoms with Gasteiger partial charge in [-0.15, -0.1) is 0 Å². The molecule has 0 aliphatic heterocycles. The van der Waals surface area contributed by atoms with Gasteiger partial charge in [-0.25, -0.2) is 14.4 Å². The van der Waals surface area contributed by atoms with E-state index in [-0.39, 0.29) is 24.8 Å². The molecule has 0 bridgehead atoms. The molecule has 200 valence electrons. The molecule has 0 radical (unpaired) electrons. The second kappa shape index (κ2) is 10.7. The van der Waals surface area contributed by atoms with E-state index < -0.39 is 5.97 Å². The van der Waals surface area contributed by atoms with Crippen LogP contribution in [-0.2, 0) is 11.4 Å². The van der Waals surface area contributed by atoms with Crippen LogP contribution in [0.25, 0.3) is 11.3 Å². The highest BCUT2D eigenvalue weighted by Gasteiger charge is 2.36. The van der Waals surface area contributed by atoms with Gasteiger partial charge in [-0.05, 0) is 85.6 Å². The fraction of sp³-hybridized carbons (Fsp3) is 0.452. The lowest BCUT2D eigenvalue weighted by Gasteiger charge is -2.42. The fourth-order valence-corrected chi connectivity index (χ4v) is 5.64. The first-order valence-corrected chi connectivity index (χ1v) is 13.4. The highest BCUT2D eigenvalue weighted by atomic mass is 19.1. The molecule has 2 fully saturated rings. The molecule has 0 amide bonds. The number of ether oxygens (including phenoxy) is 2. The molecule has 2 saturated carbocycles. The monoisotopic (exact) mass is 518 g/mol. The van der Waals surface area contributed by atoms with Gasteiger partial charge in [0.05, 0.1) is 19.2 Å². The first-order chi connectivity index (χ1) is 18.2. The van der Waals surface area contributed by atoms with E-state index >= 15 is 0 Å². The summed E-state index contributed by atoms with van der Waals surface area (Å²) < 4.78 is 26.9. The van der Waals surface area contributed by atoms with Crippen LogP contribution in [-0.4, -0.2) is 27.7 Å². The average Bonchev–Trinajstić information content (AvgIpc) is 3.70. The van der Waals surface area contributed by atoms with E-state index in [1.165, 1.54) is 6.07 Å². The summed E-state index contributed by atoms with van der Waals surface area (Å²) in [7, 11) is 0. The molecule has 2 aromatic carbocycles. The van der Waals surface area contributed by atoms with Crippen molar-refractivity contribution >= 4 is 5.97 Å². The van der Waals surface area contributed by atoms with Crippen molar-refractivity contribution in [3.05, 3.63) is 71.3 Å². The summed E-state index contributed by atoms with van der Waals surface area (Å²) in [6.07, 6.45) is 6.00. The molecule has 5 rings (SSSR count). The third kappa shape index (κ3) is 6.32. The van der Waals surface area contributed by atoms with Crippen LogP contribution >= 0.6 is 0 Å². The Labute approximate surface area is 223 Å². The standard InChI is InChI=1S/C31H35FN2O4/c1-19-7-10-27(32)26(11-19)29-30(38-17-20-14-31(2,3)15-20)34-23(16-33-29)18-37-24-6-4-5-22(12-24)25(13-28(35)36)21-8-9-21/h4-7,10-12,16,20-21,25H,8-9,13-15,17-18H2,1-3H3,(H,35,36)/t25-/m0/s1. The molecule has 7 heteroatoms. The first kappa shape index (κ1) is 26.1. The van der Waals surface area contributed by atoms with Crippen LogP contribution in [0.4, 0.5) is 4.39 Å². The molecule has 0 unspecified atom stereocenters. The molecule has 1 heterocycles. The van der Waals surface area contributed by atoms with Gasteiger partial charge in [-0.3, -0.25) is 4.79 Å². The van der Waals surface area contributed by atoms with Gasteiger partial charge in [-0.1, -0.05) is 37.6 Å². The second-order valence-corrected chi connectivity index (χ2v) is 11.7. The molecular weight excluding hydrogens is 483 g/mol. The van der Waals surface area contributed by atoms with Crippen molar-refractivity contribution in [3.63, 3.8) is 0 Å². The van der Waals surface area contributed by atoms with Crippen molar-refractivity contribution in [2.75, 3.05) is 6.61 Å². The molecule has 3 aromatic rings. The van der Waals surface area contributed by atoms with Crippen LogP contribution in [0.1, 0.15) is 68.7 Å². The maximum atomic E-state index is 14.7. The van der Waals surface area contributed by atoms with E-state index in [0.717, 1.165) is 36.8 Å². The molecule has 1 N–H and O–H groups in total. The average molecular weight is 519 g/mol. The molecule has 6 nitrogen and oxygen atoms in total. The van der Waals surface area contributed by atoms with E-state index in [1.54, 1.807) is 18.3 Å². The number of aromatic nitrogens is 2. The zero-order valence-electron chi connectivity index (χ0n) is 22.2. The Hall–Kier alpha value is -3.48. The van der Waals surface area contributed by atoms with Gasteiger partial charge >= 0.3 is 5.97 Å². The Balaban J connectivity index is 1.34. The van der Waals surface area contributed by atoms with Gasteiger partial charge in [0.15, 0.2) is 0 Å². The zero-order chi connectivity index (χ0) is 26.9. The van der Waals surface area contributed by atoms with Crippen LogP contribution in [0.15, 0.2) is 48.7 Å². The second-order valence-electron chi connectivity index (χ2n) is 11.7. The lowest BCUT2D eigenvalue weighted by Crippen LogP contribution is -2.35. The first-order valence-electron chi connectivity index (χ1n) is 13.4. The Kier molecular flexibility index (Phi) is 7.37. The smallest absolute Gasteiger partial charge is 0.303 e. The van der Waals surface area contributed by atoms with Gasteiger partial charge in [0, 0.05) is 5.56 Å². The topological polar surface area (TPSA) is 81.5 Å². The Morgan fingerprint density at radius 3 is 2.66 bits per heavy atom. The summed E-state index contributed by atoms with van der Waals surface area (Å²) in [4.78, 5) is 20.6. The summed E-state index contributed by atoms with van der Waals surface area (Å²) in [5.41, 5.74) is 3.56. The summed E-state index contributed by atoms with van der Waals surface area (Å²) in [6, 6.07) is 12.6. The molecule has 0 saturated heterocycles. The van der Waals surface area contributed by atoms with Crippen molar-refractivity contribution in [2.24, 2.45) is 17.3 Å². The number of carboxylic acid groups (broad SMARTS) is 1. The molecule has 2 aliphatic rings. The lowest BCUT2D eigenvalue weighted by atomic mass is 9.65. The SMILES string of the molecule is Cc1ccc(F)c(-c2ncc(COc3cccc([C@@H](CC(=O)O)C4CC4)c3)nc2OCC2CC(C)(C)C2)c1. The molecule has 0 spiro atoms. The minimum absolute atomic E-state index is 0.00386. The summed E-state index contributed by atoms with van der Waals surface area (Å²) in [6.45, 7) is 7.08. The van der Waals surface area contributed by atoms with E-state index in [1.807, 2.05) is 31.2 Å². The van der Waals surface area contributed by atoms with Crippen molar-refractivity contribution in [1.29, 1.82) is 0 Å². The molecular formula is C31H35FN2O4. The summed E-state index contributed by atoms with van der Waals surface area (Å²) in [5, 5.41) is 9.35. The predicted octanol–water partition coefficient (Wildman–Crippen LogP) is 6.95. The molecule has 1 atom stereocenters. The van der Waals surface area contributed by atoms with Crippen molar-refractivity contribution in [3.8, 4) is 22.9 Å². The zero-order valence-corrected chi connectivity index (χ0v) is 22.2. The van der Waals surface area contributed by atoms with Crippen molar-refractivity contribution < 1.29 is 23.8 Å². The Morgan fingerprint density at radius 2 is 1.95 bits per heavy atom. The molecule has 1 aromatic heterocycles. The van der Waals surface area contributed by atoms with Gasteiger partial charge in [0.25, 0.3) is 0 Å². The normalized spacial score (nSPS) is 17.5. The van der Waals surface area contributed by atoms with Crippen LogP contribution < -0.4 is 9.47 Å². The number of nitrogens with zero attached hydrogens (tertiary/aromatic N) is 2. The number of aryl methyl sites for hydroxylation is 1. The number of hydrogen-bond donors (Lipinski definition) is 1. The minimum Gasteiger partial charge on any atom is -0.487 e. The van der Waals surface area contributed by atoms with E-state index in [9.17, 15) is 14.3 Å². The number of rotatable bonds is 11. The minimum atomic E-state index is -0.786. The largest absolute Gasteiger partial charge is 0.487 e. The van der Waals surface area contributed by atoms with Gasteiger partial charge in [0.2, 0.25) is 5.88 Å². The van der Waals surface area contributed by atoms with Crippen LogP contribution in [0, 0.1) is 30.0 Å². The number of carboxylic acids is 1. The van der Waals surface area contributed by atoms with E-state index in [2.05, 4.69) is 23.8 Å². The van der Waals surface area contributed by atoms with Crippen LogP contribution in [0.3, 0.4) is 0 Å². The van der Waals surface area contributed by atoms with E-state index in [4.69, 9.17) is 9.47 Å². The molecule has 2 aliphatic carbocycles. The Morgan fingerprint density at radius 1 is 1.16 bits per heavy atom. The fourth-order valence-electron chi connectivity index (χ4n) is 5.64. The highest BCUT2D eigenvalue weighted by Crippen LogP contribution is 2.46. The quantitative estimate of drug-likeness (QED) is 0.296. The van der Waals surface area contributed by atoms with E-state index in [0.29, 0.717) is 52.4 Å². The number of hydrogen-bond acceptors (Lipinski definition) is 5. The maximum Gasteiger partial charge on any atom is 0.303 e. The van der Waals surface area contributed by atoms with Crippen molar-refractivity contribution in [2.45, 2.75) is 65.4 Å². The van der Waals surface area contributed by atoms with Crippen molar-refractivity contribution in [1.82, 2.24) is 9.97 Å². The highest BCUT2D eigenvalue weighted by molar-refractivity contribution is 5.68. The third-order valence-electron chi connectivity index (χ3n) is 7.56. The summed E-state index contributed by atoms with van der Waals surface area (Å²) in [5.74, 6) is 0.657. The lowest BCUT2D eigenvalue weighted by molar-refractivity contribution is -0.137. The third-order valence-corrected chi connectivity index (χ3v) is 7.56. The van der Waals surface area contributed by atoms with Gasteiger partial charge < -0.3 is 14.6 Å². The molecule has 38 heavy (non-hydrogen) atoms. The maximum absolute atomic E-state index is 14.7. The van der Waals surface area contributed by atoms with Crippen LogP contribution in [0.5, 0.6) is 11.6 Å². The number of benzene rings is 2. The van der Waals surface area contributed by atoms with Crippen LogP contribution in [0.2, 0.25) is 0 Å². The number of aliphatic carboxylic acids is 1.